The van der Waals surface area contributed by atoms with Crippen molar-refractivity contribution in [2.24, 2.45) is 4.99 Å². The summed E-state index contributed by atoms with van der Waals surface area (Å²) in [5.74, 6) is 2.59. The molecule has 2 aromatic rings. The van der Waals surface area contributed by atoms with E-state index in [2.05, 4.69) is 51.4 Å². The predicted octanol–water partition coefficient (Wildman–Crippen LogP) is 3.40. The Morgan fingerprint density at radius 1 is 1.03 bits per heavy atom. The van der Waals surface area contributed by atoms with E-state index in [4.69, 9.17) is 14.2 Å². The molecule has 1 aliphatic rings. The van der Waals surface area contributed by atoms with Crippen molar-refractivity contribution in [3.63, 3.8) is 0 Å². The largest absolute Gasteiger partial charge is 0.497 e. The molecule has 1 saturated heterocycles. The fourth-order valence-corrected chi connectivity index (χ4v) is 3.83. The maximum atomic E-state index is 5.57. The minimum absolute atomic E-state index is 0. The molecule has 1 aliphatic heterocycles. The molecule has 0 aromatic heterocycles. The number of rotatable bonds is 8. The number of halogens is 1. The van der Waals surface area contributed by atoms with Crippen molar-refractivity contribution in [2.75, 3.05) is 61.2 Å². The molecule has 1 heterocycles. The van der Waals surface area contributed by atoms with E-state index in [0.717, 1.165) is 56.9 Å². The summed E-state index contributed by atoms with van der Waals surface area (Å²) in [6.07, 6.45) is 0. The minimum atomic E-state index is 0. The van der Waals surface area contributed by atoms with Gasteiger partial charge in [-0.05, 0) is 35.4 Å². The quantitative estimate of drug-likeness (QED) is 0.307. The molecule has 1 N–H and O–H groups in total. The first-order valence-corrected chi connectivity index (χ1v) is 10.6. The molecule has 1 atom stereocenters. The molecule has 176 valence electrons. The highest BCUT2D eigenvalue weighted by atomic mass is 127. The standard InChI is InChI=1S/C24H34N4O3.HI/c1-25-24(27(2)18-19-5-9-21(29-3)10-6-19)26-17-23(28-13-15-31-16-14-28)20-7-11-22(30-4)12-8-20;/h5-12,23H,13-18H2,1-4H3,(H,25,26);1H. The molecule has 1 fully saturated rings. The van der Waals surface area contributed by atoms with Gasteiger partial charge in [0, 0.05) is 40.3 Å². The van der Waals surface area contributed by atoms with E-state index in [1.807, 2.05) is 31.3 Å². The van der Waals surface area contributed by atoms with Gasteiger partial charge in [-0.15, -0.1) is 24.0 Å². The lowest BCUT2D eigenvalue weighted by atomic mass is 10.0. The smallest absolute Gasteiger partial charge is 0.193 e. The molecular formula is C24H35IN4O3. The summed E-state index contributed by atoms with van der Waals surface area (Å²) in [4.78, 5) is 9.10. The average Bonchev–Trinajstić information content (AvgIpc) is 2.83. The monoisotopic (exact) mass is 554 g/mol. The number of aliphatic imine (C=N–C) groups is 1. The Labute approximate surface area is 208 Å². The first-order valence-electron chi connectivity index (χ1n) is 10.6. The Morgan fingerprint density at radius 2 is 1.59 bits per heavy atom. The fourth-order valence-electron chi connectivity index (χ4n) is 3.83. The van der Waals surface area contributed by atoms with Crippen LogP contribution in [0.1, 0.15) is 17.2 Å². The van der Waals surface area contributed by atoms with E-state index >= 15 is 0 Å². The lowest BCUT2D eigenvalue weighted by Crippen LogP contribution is -2.46. The third-order valence-corrected chi connectivity index (χ3v) is 5.59. The van der Waals surface area contributed by atoms with Crippen LogP contribution in [0.4, 0.5) is 0 Å². The zero-order chi connectivity index (χ0) is 22.1. The molecule has 0 saturated carbocycles. The maximum absolute atomic E-state index is 5.57. The predicted molar refractivity (Wildman–Crippen MR) is 139 cm³/mol. The summed E-state index contributed by atoms with van der Waals surface area (Å²) in [5, 5.41) is 3.57. The van der Waals surface area contributed by atoms with E-state index in [1.54, 1.807) is 14.2 Å². The van der Waals surface area contributed by atoms with Crippen LogP contribution >= 0.6 is 24.0 Å². The molecule has 32 heavy (non-hydrogen) atoms. The van der Waals surface area contributed by atoms with Gasteiger partial charge in [0.05, 0.1) is 33.5 Å². The van der Waals surface area contributed by atoms with Crippen molar-refractivity contribution in [1.29, 1.82) is 0 Å². The highest BCUT2D eigenvalue weighted by Gasteiger charge is 2.23. The van der Waals surface area contributed by atoms with Crippen LogP contribution in [0.2, 0.25) is 0 Å². The van der Waals surface area contributed by atoms with Gasteiger partial charge in [-0.3, -0.25) is 9.89 Å². The SMILES string of the molecule is CN=C(NCC(c1ccc(OC)cc1)N1CCOCC1)N(C)Cc1ccc(OC)cc1.I. The van der Waals surface area contributed by atoms with Gasteiger partial charge in [-0.1, -0.05) is 24.3 Å². The zero-order valence-electron chi connectivity index (χ0n) is 19.4. The Balaban J connectivity index is 0.00000363. The van der Waals surface area contributed by atoms with E-state index in [9.17, 15) is 0 Å². The van der Waals surface area contributed by atoms with Gasteiger partial charge in [0.2, 0.25) is 0 Å². The van der Waals surface area contributed by atoms with Crippen molar-refractivity contribution >= 4 is 29.9 Å². The highest BCUT2D eigenvalue weighted by molar-refractivity contribution is 14.0. The topological polar surface area (TPSA) is 58.6 Å². The number of benzene rings is 2. The minimum Gasteiger partial charge on any atom is -0.497 e. The first-order chi connectivity index (χ1) is 15.1. The van der Waals surface area contributed by atoms with E-state index in [-0.39, 0.29) is 30.0 Å². The van der Waals surface area contributed by atoms with Gasteiger partial charge in [-0.25, -0.2) is 0 Å². The van der Waals surface area contributed by atoms with Crippen LogP contribution in [0.5, 0.6) is 11.5 Å². The van der Waals surface area contributed by atoms with Crippen LogP contribution in [0.3, 0.4) is 0 Å². The summed E-state index contributed by atoms with van der Waals surface area (Å²) >= 11 is 0. The first kappa shape index (κ1) is 26.2. The molecule has 8 heteroatoms. The Kier molecular flexibility index (Phi) is 11.1. The number of ether oxygens (including phenoxy) is 3. The molecule has 7 nitrogen and oxygen atoms in total. The molecule has 0 aliphatic carbocycles. The zero-order valence-corrected chi connectivity index (χ0v) is 21.7. The van der Waals surface area contributed by atoms with Crippen LogP contribution in [0.25, 0.3) is 0 Å². The molecule has 0 radical (unpaired) electrons. The van der Waals surface area contributed by atoms with Gasteiger partial charge in [-0.2, -0.15) is 0 Å². The molecular weight excluding hydrogens is 519 g/mol. The van der Waals surface area contributed by atoms with Crippen molar-refractivity contribution in [3.05, 3.63) is 59.7 Å². The summed E-state index contributed by atoms with van der Waals surface area (Å²) in [6.45, 7) is 4.87. The number of methoxy groups -OCH3 is 2. The molecule has 0 bridgehead atoms. The number of hydrogen-bond donors (Lipinski definition) is 1. The number of nitrogens with zero attached hydrogens (tertiary/aromatic N) is 3. The number of hydrogen-bond acceptors (Lipinski definition) is 5. The third kappa shape index (κ3) is 7.25. The summed E-state index contributed by atoms with van der Waals surface area (Å²) in [5.41, 5.74) is 2.45. The Bertz CT molecular complexity index is 824. The lowest BCUT2D eigenvalue weighted by molar-refractivity contribution is 0.0169. The second-order valence-corrected chi connectivity index (χ2v) is 7.57. The van der Waals surface area contributed by atoms with E-state index < -0.39 is 0 Å². The molecule has 0 amide bonds. The Hall–Kier alpha value is -2.04. The normalized spacial score (nSPS) is 15.4. The number of guanidine groups is 1. The summed E-state index contributed by atoms with van der Waals surface area (Å²) < 4.78 is 16.1. The third-order valence-electron chi connectivity index (χ3n) is 5.59. The van der Waals surface area contributed by atoms with Crippen molar-refractivity contribution in [3.8, 4) is 11.5 Å². The van der Waals surface area contributed by atoms with Crippen LogP contribution in [-0.4, -0.2) is 76.9 Å². The number of morpholine rings is 1. The molecule has 1 unspecified atom stereocenters. The fraction of sp³-hybridized carbons (Fsp3) is 0.458. The van der Waals surface area contributed by atoms with Crippen LogP contribution in [0, 0.1) is 0 Å². The highest BCUT2D eigenvalue weighted by Crippen LogP contribution is 2.24. The van der Waals surface area contributed by atoms with Gasteiger partial charge in [0.15, 0.2) is 5.96 Å². The molecule has 2 aromatic carbocycles. The van der Waals surface area contributed by atoms with Gasteiger partial charge >= 0.3 is 0 Å². The van der Waals surface area contributed by atoms with E-state index in [0.29, 0.717) is 0 Å². The summed E-state index contributed by atoms with van der Waals surface area (Å²) in [6, 6.07) is 16.7. The maximum Gasteiger partial charge on any atom is 0.193 e. The lowest BCUT2D eigenvalue weighted by Gasteiger charge is -2.35. The van der Waals surface area contributed by atoms with E-state index in [1.165, 1.54) is 11.1 Å². The van der Waals surface area contributed by atoms with Gasteiger partial charge in [0.25, 0.3) is 0 Å². The van der Waals surface area contributed by atoms with Crippen LogP contribution < -0.4 is 14.8 Å². The Morgan fingerprint density at radius 3 is 2.12 bits per heavy atom. The van der Waals surface area contributed by atoms with Crippen molar-refractivity contribution < 1.29 is 14.2 Å². The molecule has 0 spiro atoms. The second-order valence-electron chi connectivity index (χ2n) is 7.57. The number of nitrogens with one attached hydrogen (secondary N) is 1. The van der Waals surface area contributed by atoms with Crippen molar-refractivity contribution in [1.82, 2.24) is 15.1 Å². The van der Waals surface area contributed by atoms with Crippen LogP contribution in [0.15, 0.2) is 53.5 Å². The molecule has 3 rings (SSSR count). The van der Waals surface area contributed by atoms with Gasteiger partial charge in [0.1, 0.15) is 11.5 Å². The van der Waals surface area contributed by atoms with Gasteiger partial charge < -0.3 is 24.4 Å². The van der Waals surface area contributed by atoms with Crippen molar-refractivity contribution in [2.45, 2.75) is 12.6 Å². The van der Waals surface area contributed by atoms with Crippen LogP contribution in [-0.2, 0) is 11.3 Å². The summed E-state index contributed by atoms with van der Waals surface area (Å²) in [7, 11) is 7.25. The average molecular weight is 554 g/mol. The second kappa shape index (κ2) is 13.5.